The molecule has 0 saturated carbocycles. The van der Waals surface area contributed by atoms with Crippen LogP contribution in [-0.2, 0) is 13.0 Å². The molecule has 2 aromatic rings. The minimum absolute atomic E-state index is 0.0935. The molecule has 0 saturated heterocycles. The fraction of sp³-hybridized carbons (Fsp3) is 0.263. The van der Waals surface area contributed by atoms with Crippen LogP contribution in [0, 0.1) is 11.8 Å². The first kappa shape index (κ1) is 13.7. The third kappa shape index (κ3) is 3.26. The first-order valence-electron chi connectivity index (χ1n) is 7.38. The molecule has 1 heterocycles. The number of para-hydroxylation sites is 1. The first-order chi connectivity index (χ1) is 10.4. The SMILES string of the molecule is OCC#Cc1cccc(CN2CCCc3ccccc32)c1. The van der Waals surface area contributed by atoms with E-state index in [1.807, 2.05) is 12.1 Å². The quantitative estimate of drug-likeness (QED) is 0.853. The maximum atomic E-state index is 8.79. The monoisotopic (exact) mass is 277 g/mol. The van der Waals surface area contributed by atoms with E-state index < -0.39 is 0 Å². The van der Waals surface area contributed by atoms with Crippen LogP contribution in [0.3, 0.4) is 0 Å². The zero-order valence-corrected chi connectivity index (χ0v) is 12.0. The van der Waals surface area contributed by atoms with Crippen LogP contribution in [0.1, 0.15) is 23.1 Å². The van der Waals surface area contributed by atoms with Crippen molar-refractivity contribution in [2.45, 2.75) is 19.4 Å². The van der Waals surface area contributed by atoms with E-state index in [4.69, 9.17) is 5.11 Å². The van der Waals surface area contributed by atoms with Crippen molar-refractivity contribution in [3.05, 3.63) is 65.2 Å². The predicted molar refractivity (Wildman–Crippen MR) is 86.2 cm³/mol. The molecule has 21 heavy (non-hydrogen) atoms. The second-order valence-electron chi connectivity index (χ2n) is 5.31. The molecule has 2 nitrogen and oxygen atoms in total. The number of aliphatic hydroxyl groups is 1. The normalized spacial score (nSPS) is 13.3. The molecule has 0 unspecified atom stereocenters. The Balaban J connectivity index is 1.81. The summed E-state index contributed by atoms with van der Waals surface area (Å²) in [4.78, 5) is 2.44. The molecule has 0 bridgehead atoms. The fourth-order valence-corrected chi connectivity index (χ4v) is 2.89. The number of aliphatic hydroxyl groups excluding tert-OH is 1. The third-order valence-corrected chi connectivity index (χ3v) is 3.82. The summed E-state index contributed by atoms with van der Waals surface area (Å²) < 4.78 is 0. The summed E-state index contributed by atoms with van der Waals surface area (Å²) in [5.41, 5.74) is 5.03. The molecule has 3 rings (SSSR count). The standard InChI is InChI=1S/C19H19NO/c21-13-5-8-16-6-3-7-17(14-16)15-20-12-4-10-18-9-1-2-11-19(18)20/h1-3,6-7,9,11,14,21H,4,10,12-13,15H2. The lowest BCUT2D eigenvalue weighted by Crippen LogP contribution is -2.28. The molecule has 0 radical (unpaired) electrons. The summed E-state index contributed by atoms with van der Waals surface area (Å²) in [5.74, 6) is 5.68. The Bertz CT molecular complexity index is 681. The van der Waals surface area contributed by atoms with Gasteiger partial charge in [0.25, 0.3) is 0 Å². The van der Waals surface area contributed by atoms with Crippen molar-refractivity contribution in [1.82, 2.24) is 0 Å². The number of aryl methyl sites for hydroxylation is 1. The lowest BCUT2D eigenvalue weighted by Gasteiger charge is -2.31. The predicted octanol–water partition coefficient (Wildman–Crippen LogP) is 2.98. The number of nitrogens with zero attached hydrogens (tertiary/aromatic N) is 1. The average molecular weight is 277 g/mol. The highest BCUT2D eigenvalue weighted by Gasteiger charge is 2.16. The van der Waals surface area contributed by atoms with Gasteiger partial charge < -0.3 is 10.0 Å². The van der Waals surface area contributed by atoms with Crippen molar-refractivity contribution < 1.29 is 5.11 Å². The topological polar surface area (TPSA) is 23.5 Å². The van der Waals surface area contributed by atoms with Gasteiger partial charge in [0, 0.05) is 24.3 Å². The zero-order chi connectivity index (χ0) is 14.5. The first-order valence-corrected chi connectivity index (χ1v) is 7.38. The molecular formula is C19H19NO. The molecular weight excluding hydrogens is 258 g/mol. The Labute approximate surface area is 126 Å². The van der Waals surface area contributed by atoms with E-state index in [0.29, 0.717) is 0 Å². The summed E-state index contributed by atoms with van der Waals surface area (Å²) in [6.07, 6.45) is 2.38. The second-order valence-corrected chi connectivity index (χ2v) is 5.31. The minimum Gasteiger partial charge on any atom is -0.384 e. The van der Waals surface area contributed by atoms with Crippen LogP contribution in [0.25, 0.3) is 0 Å². The molecule has 1 N–H and O–H groups in total. The Kier molecular flexibility index (Phi) is 4.23. The molecule has 0 fully saturated rings. The van der Waals surface area contributed by atoms with Gasteiger partial charge in [0.1, 0.15) is 6.61 Å². The largest absolute Gasteiger partial charge is 0.384 e. The molecule has 0 aromatic heterocycles. The lowest BCUT2D eigenvalue weighted by molar-refractivity contribution is 0.350. The van der Waals surface area contributed by atoms with Crippen LogP contribution in [-0.4, -0.2) is 18.3 Å². The fourth-order valence-electron chi connectivity index (χ4n) is 2.89. The summed E-state index contributed by atoms with van der Waals surface area (Å²) in [6, 6.07) is 16.9. The van der Waals surface area contributed by atoms with Gasteiger partial charge in [0.2, 0.25) is 0 Å². The van der Waals surface area contributed by atoms with Crippen molar-refractivity contribution in [2.24, 2.45) is 0 Å². The summed E-state index contributed by atoms with van der Waals surface area (Å²) in [5, 5.41) is 8.79. The Morgan fingerprint density at radius 1 is 1.10 bits per heavy atom. The van der Waals surface area contributed by atoms with E-state index >= 15 is 0 Å². The van der Waals surface area contributed by atoms with Crippen LogP contribution in [0.5, 0.6) is 0 Å². The number of rotatable bonds is 2. The van der Waals surface area contributed by atoms with Gasteiger partial charge in [-0.25, -0.2) is 0 Å². The van der Waals surface area contributed by atoms with Crippen LogP contribution in [0.15, 0.2) is 48.5 Å². The maximum Gasteiger partial charge on any atom is 0.104 e. The van der Waals surface area contributed by atoms with Crippen molar-refractivity contribution >= 4 is 5.69 Å². The van der Waals surface area contributed by atoms with E-state index in [0.717, 1.165) is 18.7 Å². The van der Waals surface area contributed by atoms with Crippen LogP contribution in [0.4, 0.5) is 5.69 Å². The Morgan fingerprint density at radius 3 is 2.90 bits per heavy atom. The van der Waals surface area contributed by atoms with Gasteiger partial charge in [-0.2, -0.15) is 0 Å². The number of fused-ring (bicyclic) bond motifs is 1. The average Bonchev–Trinajstić information content (AvgIpc) is 2.54. The minimum atomic E-state index is -0.0935. The summed E-state index contributed by atoms with van der Waals surface area (Å²) in [7, 11) is 0. The highest BCUT2D eigenvalue weighted by atomic mass is 16.2. The molecule has 0 aliphatic carbocycles. The van der Waals surface area contributed by atoms with Gasteiger partial charge in [-0.3, -0.25) is 0 Å². The molecule has 0 amide bonds. The molecule has 2 aromatic carbocycles. The van der Waals surface area contributed by atoms with Crippen molar-refractivity contribution in [3.63, 3.8) is 0 Å². The van der Waals surface area contributed by atoms with Gasteiger partial charge in [-0.05, 0) is 42.2 Å². The molecule has 1 aliphatic rings. The van der Waals surface area contributed by atoms with E-state index in [1.165, 1.54) is 29.7 Å². The van der Waals surface area contributed by atoms with Crippen LogP contribution < -0.4 is 4.90 Å². The van der Waals surface area contributed by atoms with Gasteiger partial charge in [0.15, 0.2) is 0 Å². The van der Waals surface area contributed by atoms with Gasteiger partial charge in [-0.15, -0.1) is 0 Å². The number of hydrogen-bond donors (Lipinski definition) is 1. The van der Waals surface area contributed by atoms with Crippen molar-refractivity contribution in [3.8, 4) is 11.8 Å². The zero-order valence-electron chi connectivity index (χ0n) is 12.0. The number of hydrogen-bond acceptors (Lipinski definition) is 2. The highest BCUT2D eigenvalue weighted by Crippen LogP contribution is 2.28. The highest BCUT2D eigenvalue weighted by molar-refractivity contribution is 5.56. The Hall–Kier alpha value is -2.24. The summed E-state index contributed by atoms with van der Waals surface area (Å²) in [6.45, 7) is 1.92. The maximum absolute atomic E-state index is 8.79. The van der Waals surface area contributed by atoms with Crippen LogP contribution >= 0.6 is 0 Å². The molecule has 0 atom stereocenters. The van der Waals surface area contributed by atoms with E-state index in [1.54, 1.807) is 0 Å². The molecule has 1 aliphatic heterocycles. The molecule has 0 spiro atoms. The van der Waals surface area contributed by atoms with E-state index in [-0.39, 0.29) is 6.61 Å². The smallest absolute Gasteiger partial charge is 0.104 e. The second kappa shape index (κ2) is 6.47. The lowest BCUT2D eigenvalue weighted by atomic mass is 10.0. The third-order valence-electron chi connectivity index (χ3n) is 3.82. The summed E-state index contributed by atoms with van der Waals surface area (Å²) >= 11 is 0. The van der Waals surface area contributed by atoms with Crippen LogP contribution in [0.2, 0.25) is 0 Å². The van der Waals surface area contributed by atoms with Gasteiger partial charge in [0.05, 0.1) is 0 Å². The molecule has 106 valence electrons. The van der Waals surface area contributed by atoms with E-state index in [2.05, 4.69) is 53.1 Å². The van der Waals surface area contributed by atoms with E-state index in [9.17, 15) is 0 Å². The number of anilines is 1. The Morgan fingerprint density at radius 2 is 2.00 bits per heavy atom. The van der Waals surface area contributed by atoms with Crippen molar-refractivity contribution in [2.75, 3.05) is 18.1 Å². The van der Waals surface area contributed by atoms with Gasteiger partial charge >= 0.3 is 0 Å². The number of benzene rings is 2. The van der Waals surface area contributed by atoms with Crippen molar-refractivity contribution in [1.29, 1.82) is 0 Å². The molecule has 2 heteroatoms. The van der Waals surface area contributed by atoms with Gasteiger partial charge in [-0.1, -0.05) is 42.2 Å².